The molecule has 1 fully saturated rings. The van der Waals surface area contributed by atoms with Crippen molar-refractivity contribution in [2.75, 3.05) is 25.5 Å². The van der Waals surface area contributed by atoms with Gasteiger partial charge in [0, 0.05) is 19.7 Å². The van der Waals surface area contributed by atoms with Crippen LogP contribution < -0.4 is 15.4 Å². The van der Waals surface area contributed by atoms with Crippen LogP contribution in [0.1, 0.15) is 47.7 Å². The van der Waals surface area contributed by atoms with E-state index in [1.165, 1.54) is 20.2 Å². The number of nitrogens with zero attached hydrogens (tertiary/aromatic N) is 3. The van der Waals surface area contributed by atoms with E-state index in [0.29, 0.717) is 35.1 Å². The van der Waals surface area contributed by atoms with Crippen LogP contribution in [0.15, 0.2) is 30.5 Å². The van der Waals surface area contributed by atoms with Crippen LogP contribution in [0.3, 0.4) is 0 Å². The summed E-state index contributed by atoms with van der Waals surface area (Å²) in [7, 11) is 1.54. The van der Waals surface area contributed by atoms with Gasteiger partial charge in [0.15, 0.2) is 5.82 Å². The van der Waals surface area contributed by atoms with Gasteiger partial charge >= 0.3 is 0 Å². The van der Waals surface area contributed by atoms with Crippen molar-refractivity contribution in [3.63, 3.8) is 0 Å². The summed E-state index contributed by atoms with van der Waals surface area (Å²) in [5.41, 5.74) is 1.42. The van der Waals surface area contributed by atoms with Crippen LogP contribution >= 0.6 is 0 Å². The van der Waals surface area contributed by atoms with Crippen molar-refractivity contribution in [2.24, 2.45) is 0 Å². The lowest BCUT2D eigenvalue weighted by Crippen LogP contribution is -2.39. The van der Waals surface area contributed by atoms with E-state index in [4.69, 9.17) is 4.74 Å². The molecule has 30 heavy (non-hydrogen) atoms. The highest BCUT2D eigenvalue weighted by atomic mass is 16.5. The second-order valence-electron chi connectivity index (χ2n) is 7.04. The minimum Gasteiger partial charge on any atom is -0.495 e. The van der Waals surface area contributed by atoms with Gasteiger partial charge in [-0.25, -0.2) is 9.97 Å². The fraction of sp³-hybridized carbons (Fsp3) is 0.381. The molecule has 1 saturated heterocycles. The van der Waals surface area contributed by atoms with Gasteiger partial charge in [-0.15, -0.1) is 0 Å². The normalized spacial score (nSPS) is 15.6. The molecular weight excluding hydrogens is 386 g/mol. The van der Waals surface area contributed by atoms with E-state index in [0.717, 1.165) is 12.8 Å². The highest BCUT2D eigenvalue weighted by Gasteiger charge is 2.32. The summed E-state index contributed by atoms with van der Waals surface area (Å²) in [5, 5.41) is 5.34. The molecule has 9 nitrogen and oxygen atoms in total. The quantitative estimate of drug-likeness (QED) is 0.750. The van der Waals surface area contributed by atoms with Gasteiger partial charge in [-0.3, -0.25) is 14.4 Å². The largest absolute Gasteiger partial charge is 0.495 e. The molecular formula is C21H25N5O4. The van der Waals surface area contributed by atoms with E-state index >= 15 is 0 Å². The van der Waals surface area contributed by atoms with Crippen LogP contribution in [0.25, 0.3) is 0 Å². The predicted octanol–water partition coefficient (Wildman–Crippen LogP) is 1.85. The molecule has 1 aliphatic rings. The Morgan fingerprint density at radius 1 is 1.27 bits per heavy atom. The molecule has 0 aliphatic carbocycles. The lowest BCUT2D eigenvalue weighted by atomic mass is 10.1. The van der Waals surface area contributed by atoms with Gasteiger partial charge in [0.25, 0.3) is 5.91 Å². The fourth-order valence-electron chi connectivity index (χ4n) is 3.44. The van der Waals surface area contributed by atoms with E-state index in [1.54, 1.807) is 30.0 Å². The van der Waals surface area contributed by atoms with E-state index in [9.17, 15) is 14.4 Å². The number of carbonyl (C=O) groups is 3. The number of hydrogen-bond donors (Lipinski definition) is 2. The fourth-order valence-corrected chi connectivity index (χ4v) is 3.44. The first-order valence-electron chi connectivity index (χ1n) is 9.72. The van der Waals surface area contributed by atoms with Gasteiger partial charge < -0.3 is 20.3 Å². The number of methoxy groups -OCH3 is 1. The summed E-state index contributed by atoms with van der Waals surface area (Å²) < 4.78 is 5.26. The summed E-state index contributed by atoms with van der Waals surface area (Å²) in [4.78, 5) is 46.8. The number of ether oxygens (including phenoxy) is 1. The molecule has 3 amide bonds. The van der Waals surface area contributed by atoms with Gasteiger partial charge in [-0.2, -0.15) is 0 Å². The Morgan fingerprint density at radius 3 is 2.73 bits per heavy atom. The van der Waals surface area contributed by atoms with E-state index < -0.39 is 0 Å². The molecule has 2 N–H and O–H groups in total. The zero-order chi connectivity index (χ0) is 21.7. The van der Waals surface area contributed by atoms with Crippen molar-refractivity contribution in [1.29, 1.82) is 0 Å². The van der Waals surface area contributed by atoms with Gasteiger partial charge in [-0.05, 0) is 31.9 Å². The number of hydrogen-bond acceptors (Lipinski definition) is 6. The molecule has 2 aromatic rings. The maximum Gasteiger partial charge on any atom is 0.259 e. The smallest absolute Gasteiger partial charge is 0.259 e. The standard InChI is InChI=1S/C21H25N5O4/c1-13-15(21(29)25-16-7-4-5-9-18(16)30-3)11-23-20(24-13)17-8-6-10-26(17)19(28)12-22-14(2)27/h4-5,7,9,11,17H,6,8,10,12H2,1-3H3,(H,22,27)(H,25,29). The molecule has 0 spiro atoms. The van der Waals surface area contributed by atoms with Crippen molar-refractivity contribution < 1.29 is 19.1 Å². The molecule has 2 heterocycles. The number of carbonyl (C=O) groups excluding carboxylic acids is 3. The van der Waals surface area contributed by atoms with Crippen LogP contribution in [0.5, 0.6) is 5.75 Å². The van der Waals surface area contributed by atoms with Crippen LogP contribution in [0.4, 0.5) is 5.69 Å². The third kappa shape index (κ3) is 4.73. The second kappa shape index (κ2) is 9.34. The summed E-state index contributed by atoms with van der Waals surface area (Å²) >= 11 is 0. The number of likely N-dealkylation sites (tertiary alicyclic amines) is 1. The number of rotatable bonds is 6. The summed E-state index contributed by atoms with van der Waals surface area (Å²) in [6, 6.07) is 6.86. The Bertz CT molecular complexity index is 962. The van der Waals surface area contributed by atoms with Crippen molar-refractivity contribution in [1.82, 2.24) is 20.2 Å². The minimum absolute atomic E-state index is 0.0514. The summed E-state index contributed by atoms with van der Waals surface area (Å²) in [5.74, 6) is 0.285. The summed E-state index contributed by atoms with van der Waals surface area (Å²) in [6.45, 7) is 3.64. The molecule has 1 unspecified atom stereocenters. The topological polar surface area (TPSA) is 114 Å². The highest BCUT2D eigenvalue weighted by Crippen LogP contribution is 2.30. The Balaban J connectivity index is 1.75. The molecule has 158 valence electrons. The van der Waals surface area contributed by atoms with Crippen molar-refractivity contribution in [3.05, 3.63) is 47.5 Å². The molecule has 0 radical (unpaired) electrons. The van der Waals surface area contributed by atoms with Gasteiger partial charge in [0.1, 0.15) is 5.75 Å². The van der Waals surface area contributed by atoms with Crippen LogP contribution in [0.2, 0.25) is 0 Å². The first-order valence-corrected chi connectivity index (χ1v) is 9.72. The minimum atomic E-state index is -0.339. The SMILES string of the molecule is COc1ccccc1NC(=O)c1cnc(C2CCCN2C(=O)CNC(C)=O)nc1C. The summed E-state index contributed by atoms with van der Waals surface area (Å²) in [6.07, 6.45) is 3.05. The van der Waals surface area contributed by atoms with Crippen LogP contribution in [-0.2, 0) is 9.59 Å². The number of benzene rings is 1. The number of nitrogens with one attached hydrogen (secondary N) is 2. The lowest BCUT2D eigenvalue weighted by molar-refractivity contribution is -0.133. The monoisotopic (exact) mass is 411 g/mol. The van der Waals surface area contributed by atoms with Gasteiger partial charge in [0.2, 0.25) is 11.8 Å². The van der Waals surface area contributed by atoms with Gasteiger partial charge in [-0.1, -0.05) is 12.1 Å². The average molecular weight is 411 g/mol. The Labute approximate surface area is 174 Å². The maximum atomic E-state index is 12.7. The zero-order valence-corrected chi connectivity index (χ0v) is 17.3. The van der Waals surface area contributed by atoms with Gasteiger partial charge in [0.05, 0.1) is 36.6 Å². The Hall–Kier alpha value is -3.49. The third-order valence-corrected chi connectivity index (χ3v) is 4.96. The number of para-hydroxylation sites is 2. The first kappa shape index (κ1) is 21.2. The van der Waals surface area contributed by atoms with Crippen molar-refractivity contribution in [3.8, 4) is 5.75 Å². The highest BCUT2D eigenvalue weighted by molar-refractivity contribution is 6.05. The Kier molecular flexibility index (Phi) is 6.61. The molecule has 1 aliphatic heterocycles. The molecule has 0 bridgehead atoms. The molecule has 1 atom stereocenters. The van der Waals surface area contributed by atoms with Crippen LogP contribution in [-0.4, -0.2) is 52.8 Å². The first-order chi connectivity index (χ1) is 14.4. The molecule has 9 heteroatoms. The van der Waals surface area contributed by atoms with E-state index in [-0.39, 0.29) is 30.3 Å². The lowest BCUT2D eigenvalue weighted by Gasteiger charge is -2.24. The number of anilines is 1. The third-order valence-electron chi connectivity index (χ3n) is 4.96. The number of aromatic nitrogens is 2. The second-order valence-corrected chi connectivity index (χ2v) is 7.04. The molecule has 3 rings (SSSR count). The number of aryl methyl sites for hydroxylation is 1. The van der Waals surface area contributed by atoms with Crippen LogP contribution in [0, 0.1) is 6.92 Å². The Morgan fingerprint density at radius 2 is 2.03 bits per heavy atom. The van der Waals surface area contributed by atoms with Crippen molar-refractivity contribution >= 4 is 23.4 Å². The molecule has 1 aromatic heterocycles. The zero-order valence-electron chi connectivity index (χ0n) is 17.3. The number of amides is 3. The molecule has 1 aromatic carbocycles. The van der Waals surface area contributed by atoms with E-state index in [2.05, 4.69) is 20.6 Å². The predicted molar refractivity (Wildman–Crippen MR) is 110 cm³/mol. The molecule has 0 saturated carbocycles. The maximum absolute atomic E-state index is 12.7. The van der Waals surface area contributed by atoms with E-state index in [1.807, 2.05) is 6.07 Å². The van der Waals surface area contributed by atoms with Crippen molar-refractivity contribution in [2.45, 2.75) is 32.7 Å². The average Bonchev–Trinajstić information content (AvgIpc) is 3.22.